The highest BCUT2D eigenvalue weighted by Crippen LogP contribution is 2.34. The van der Waals surface area contributed by atoms with Gasteiger partial charge in [0.15, 0.2) is 0 Å². The molecule has 0 aromatic heterocycles. The number of carbonyl (C=O) groups is 1. The topological polar surface area (TPSA) is 61.4 Å². The van der Waals surface area contributed by atoms with Gasteiger partial charge in [0.2, 0.25) is 5.91 Å². The highest BCUT2D eigenvalue weighted by molar-refractivity contribution is 5.83. The number of hydrogen-bond acceptors (Lipinski definition) is 3. The van der Waals surface area contributed by atoms with E-state index in [2.05, 4.69) is 24.5 Å². The summed E-state index contributed by atoms with van der Waals surface area (Å²) in [5.74, 6) is 1.04. The molecule has 4 nitrogen and oxygen atoms in total. The van der Waals surface area contributed by atoms with E-state index in [1.165, 1.54) is 0 Å². The molecule has 1 unspecified atom stereocenters. The molecule has 3 N–H and O–H groups in total. The molecule has 1 heterocycles. The van der Waals surface area contributed by atoms with Gasteiger partial charge in [-0.15, -0.1) is 0 Å². The number of aliphatic hydroxyl groups is 1. The average molecular weight is 240 g/mol. The van der Waals surface area contributed by atoms with E-state index >= 15 is 0 Å². The minimum absolute atomic E-state index is 0.135. The van der Waals surface area contributed by atoms with E-state index in [0.717, 1.165) is 38.9 Å². The first kappa shape index (κ1) is 12.8. The van der Waals surface area contributed by atoms with Gasteiger partial charge in [0.25, 0.3) is 0 Å². The van der Waals surface area contributed by atoms with E-state index in [0.29, 0.717) is 11.8 Å². The summed E-state index contributed by atoms with van der Waals surface area (Å²) < 4.78 is 0. The zero-order valence-electron chi connectivity index (χ0n) is 10.8. The highest BCUT2D eigenvalue weighted by Gasteiger charge is 2.44. The van der Waals surface area contributed by atoms with Crippen molar-refractivity contribution in [3.8, 4) is 0 Å². The van der Waals surface area contributed by atoms with E-state index in [9.17, 15) is 9.90 Å². The maximum atomic E-state index is 12.3. The molecule has 1 saturated carbocycles. The van der Waals surface area contributed by atoms with Gasteiger partial charge >= 0.3 is 0 Å². The van der Waals surface area contributed by atoms with Crippen molar-refractivity contribution in [1.29, 1.82) is 0 Å². The summed E-state index contributed by atoms with van der Waals surface area (Å²) in [4.78, 5) is 12.3. The van der Waals surface area contributed by atoms with Crippen molar-refractivity contribution in [3.63, 3.8) is 0 Å². The Balaban J connectivity index is 1.85. The second-order valence-corrected chi connectivity index (χ2v) is 5.94. The summed E-state index contributed by atoms with van der Waals surface area (Å²) in [6.07, 6.45) is 2.48. The minimum Gasteiger partial charge on any atom is -0.393 e. The summed E-state index contributed by atoms with van der Waals surface area (Å²) in [7, 11) is 0. The summed E-state index contributed by atoms with van der Waals surface area (Å²) in [5.41, 5.74) is -0.220. The van der Waals surface area contributed by atoms with Crippen LogP contribution < -0.4 is 10.6 Å². The zero-order valence-corrected chi connectivity index (χ0v) is 10.8. The SMILES string of the molecule is CC(C)C1(C(=O)NCC2CC(O)C2)CCNC1. The number of nitrogens with one attached hydrogen (secondary N) is 2. The van der Waals surface area contributed by atoms with E-state index < -0.39 is 0 Å². The van der Waals surface area contributed by atoms with E-state index in [-0.39, 0.29) is 17.4 Å². The van der Waals surface area contributed by atoms with Crippen molar-refractivity contribution in [1.82, 2.24) is 10.6 Å². The Hall–Kier alpha value is -0.610. The monoisotopic (exact) mass is 240 g/mol. The molecular weight excluding hydrogens is 216 g/mol. The van der Waals surface area contributed by atoms with Gasteiger partial charge in [0, 0.05) is 13.1 Å². The van der Waals surface area contributed by atoms with E-state index in [1.807, 2.05) is 0 Å². The molecule has 1 aliphatic carbocycles. The van der Waals surface area contributed by atoms with E-state index in [1.54, 1.807) is 0 Å². The van der Waals surface area contributed by atoms with Crippen molar-refractivity contribution in [2.24, 2.45) is 17.3 Å². The van der Waals surface area contributed by atoms with Crippen LogP contribution in [0.15, 0.2) is 0 Å². The van der Waals surface area contributed by atoms with Crippen LogP contribution in [-0.4, -0.2) is 36.8 Å². The standard InChI is InChI=1S/C13H24N2O2/c1-9(2)13(3-4-14-8-13)12(17)15-7-10-5-11(16)6-10/h9-11,14,16H,3-8H2,1-2H3,(H,15,17). The van der Waals surface area contributed by atoms with Crippen LogP contribution in [0.4, 0.5) is 0 Å². The third kappa shape index (κ3) is 2.47. The van der Waals surface area contributed by atoms with Gasteiger partial charge < -0.3 is 15.7 Å². The van der Waals surface area contributed by atoms with E-state index in [4.69, 9.17) is 0 Å². The van der Waals surface area contributed by atoms with Crippen LogP contribution >= 0.6 is 0 Å². The summed E-state index contributed by atoms with van der Waals surface area (Å²) >= 11 is 0. The lowest BCUT2D eigenvalue weighted by Gasteiger charge is -2.35. The second-order valence-electron chi connectivity index (χ2n) is 5.94. The third-order valence-corrected chi connectivity index (χ3v) is 4.51. The van der Waals surface area contributed by atoms with Crippen LogP contribution in [0, 0.1) is 17.3 Å². The molecule has 0 bridgehead atoms. The lowest BCUT2D eigenvalue weighted by atomic mass is 9.75. The van der Waals surface area contributed by atoms with Gasteiger partial charge in [0.1, 0.15) is 0 Å². The fourth-order valence-corrected chi connectivity index (χ4v) is 2.94. The fourth-order valence-electron chi connectivity index (χ4n) is 2.94. The van der Waals surface area contributed by atoms with Crippen LogP contribution in [0.1, 0.15) is 33.1 Å². The molecule has 0 aromatic carbocycles. The van der Waals surface area contributed by atoms with Gasteiger partial charge in [-0.1, -0.05) is 13.8 Å². The lowest BCUT2D eigenvalue weighted by molar-refractivity contribution is -0.133. The molecule has 0 aromatic rings. The quantitative estimate of drug-likeness (QED) is 0.671. The molecular formula is C13H24N2O2. The number of aliphatic hydroxyl groups excluding tert-OH is 1. The zero-order chi connectivity index (χ0) is 12.5. The Labute approximate surface area is 103 Å². The van der Waals surface area contributed by atoms with Crippen molar-refractivity contribution in [2.75, 3.05) is 19.6 Å². The number of hydrogen-bond donors (Lipinski definition) is 3. The predicted molar refractivity (Wildman–Crippen MR) is 66.5 cm³/mol. The largest absolute Gasteiger partial charge is 0.393 e. The Bertz CT molecular complexity index is 279. The molecule has 1 aliphatic heterocycles. The van der Waals surface area contributed by atoms with Gasteiger partial charge in [-0.2, -0.15) is 0 Å². The summed E-state index contributed by atoms with van der Waals surface area (Å²) in [6.45, 7) is 6.71. The normalized spacial score (nSPS) is 36.9. The van der Waals surface area contributed by atoms with Crippen molar-refractivity contribution in [2.45, 2.75) is 39.2 Å². The lowest BCUT2D eigenvalue weighted by Crippen LogP contribution is -2.48. The van der Waals surface area contributed by atoms with Gasteiger partial charge in [-0.3, -0.25) is 4.79 Å². The maximum absolute atomic E-state index is 12.3. The molecule has 17 heavy (non-hydrogen) atoms. The van der Waals surface area contributed by atoms with Crippen LogP contribution in [0.2, 0.25) is 0 Å². The van der Waals surface area contributed by atoms with Crippen molar-refractivity contribution < 1.29 is 9.90 Å². The second kappa shape index (κ2) is 4.94. The van der Waals surface area contributed by atoms with Gasteiger partial charge in [-0.25, -0.2) is 0 Å². The Morgan fingerprint density at radius 3 is 2.71 bits per heavy atom. The van der Waals surface area contributed by atoms with Gasteiger partial charge in [0.05, 0.1) is 11.5 Å². The average Bonchev–Trinajstić information content (AvgIpc) is 2.72. The first-order valence-corrected chi connectivity index (χ1v) is 6.71. The number of rotatable bonds is 4. The minimum atomic E-state index is -0.220. The molecule has 2 aliphatic rings. The third-order valence-electron chi connectivity index (χ3n) is 4.51. The predicted octanol–water partition coefficient (Wildman–Crippen LogP) is 0.509. The molecule has 2 fully saturated rings. The molecule has 0 radical (unpaired) electrons. The van der Waals surface area contributed by atoms with Crippen LogP contribution in [0.25, 0.3) is 0 Å². The Morgan fingerprint density at radius 2 is 2.24 bits per heavy atom. The first-order valence-electron chi connectivity index (χ1n) is 6.71. The van der Waals surface area contributed by atoms with Crippen LogP contribution in [0.5, 0.6) is 0 Å². The molecule has 4 heteroatoms. The smallest absolute Gasteiger partial charge is 0.227 e. The molecule has 1 amide bonds. The first-order chi connectivity index (χ1) is 8.04. The summed E-state index contributed by atoms with van der Waals surface area (Å²) in [5, 5.41) is 15.6. The summed E-state index contributed by atoms with van der Waals surface area (Å²) in [6, 6.07) is 0. The van der Waals surface area contributed by atoms with Crippen LogP contribution in [-0.2, 0) is 4.79 Å². The maximum Gasteiger partial charge on any atom is 0.227 e. The Morgan fingerprint density at radius 1 is 1.53 bits per heavy atom. The molecule has 98 valence electrons. The number of carbonyl (C=O) groups excluding carboxylic acids is 1. The Kier molecular flexibility index (Phi) is 3.73. The van der Waals surface area contributed by atoms with Crippen molar-refractivity contribution >= 4 is 5.91 Å². The molecule has 1 atom stereocenters. The number of amides is 1. The van der Waals surface area contributed by atoms with Crippen molar-refractivity contribution in [3.05, 3.63) is 0 Å². The van der Waals surface area contributed by atoms with Crippen LogP contribution in [0.3, 0.4) is 0 Å². The molecule has 2 rings (SSSR count). The highest BCUT2D eigenvalue weighted by atomic mass is 16.3. The molecule has 1 saturated heterocycles. The molecule has 0 spiro atoms. The fraction of sp³-hybridized carbons (Fsp3) is 0.923. The van der Waals surface area contributed by atoms with Gasteiger partial charge in [-0.05, 0) is 37.6 Å².